The first kappa shape index (κ1) is 14.0. The van der Waals surface area contributed by atoms with Gasteiger partial charge in [-0.3, -0.25) is 9.78 Å². The number of rotatable bonds is 4. The van der Waals surface area contributed by atoms with Crippen LogP contribution < -0.4 is 5.32 Å². The smallest absolute Gasteiger partial charge is 0.236 e. The van der Waals surface area contributed by atoms with Gasteiger partial charge in [0.05, 0.1) is 12.2 Å². The molecule has 19 heavy (non-hydrogen) atoms. The van der Waals surface area contributed by atoms with Gasteiger partial charge in [0.2, 0.25) is 5.91 Å². The predicted octanol–water partition coefficient (Wildman–Crippen LogP) is 2.13. The first-order valence-electron chi connectivity index (χ1n) is 7.19. The van der Waals surface area contributed by atoms with E-state index in [1.165, 1.54) is 12.8 Å². The maximum Gasteiger partial charge on any atom is 0.236 e. The van der Waals surface area contributed by atoms with Crippen molar-refractivity contribution in [3.63, 3.8) is 0 Å². The molecule has 0 spiro atoms. The SMILES string of the molecule is C[C@@H](NCC(=O)N1CCCCCC1)c1ccccn1. The largest absolute Gasteiger partial charge is 0.342 e. The summed E-state index contributed by atoms with van der Waals surface area (Å²) in [4.78, 5) is 18.4. The normalized spacial score (nSPS) is 17.8. The van der Waals surface area contributed by atoms with Gasteiger partial charge in [0.15, 0.2) is 0 Å². The van der Waals surface area contributed by atoms with Gasteiger partial charge in [0, 0.05) is 25.3 Å². The summed E-state index contributed by atoms with van der Waals surface area (Å²) >= 11 is 0. The van der Waals surface area contributed by atoms with Crippen LogP contribution in [0.3, 0.4) is 0 Å². The average Bonchev–Trinajstić information content (AvgIpc) is 2.74. The summed E-state index contributed by atoms with van der Waals surface area (Å²) in [5, 5.41) is 3.26. The molecule has 1 atom stereocenters. The minimum absolute atomic E-state index is 0.108. The molecule has 0 unspecified atom stereocenters. The zero-order valence-corrected chi connectivity index (χ0v) is 11.6. The first-order chi connectivity index (χ1) is 9.27. The van der Waals surface area contributed by atoms with E-state index in [2.05, 4.69) is 10.3 Å². The van der Waals surface area contributed by atoms with Crippen LogP contribution in [0.15, 0.2) is 24.4 Å². The Morgan fingerprint density at radius 2 is 2.05 bits per heavy atom. The third-order valence-electron chi connectivity index (χ3n) is 3.65. The van der Waals surface area contributed by atoms with Crippen LogP contribution in [0.1, 0.15) is 44.3 Å². The molecule has 104 valence electrons. The number of hydrogen-bond donors (Lipinski definition) is 1. The van der Waals surface area contributed by atoms with Crippen LogP contribution in [0, 0.1) is 0 Å². The highest BCUT2D eigenvalue weighted by molar-refractivity contribution is 5.78. The predicted molar refractivity (Wildman–Crippen MR) is 75.7 cm³/mol. The van der Waals surface area contributed by atoms with E-state index in [1.807, 2.05) is 30.0 Å². The zero-order valence-electron chi connectivity index (χ0n) is 11.6. The molecule has 4 heteroatoms. The molecule has 0 aromatic carbocycles. The number of nitrogens with zero attached hydrogens (tertiary/aromatic N) is 2. The molecule has 2 rings (SSSR count). The van der Waals surface area contributed by atoms with Gasteiger partial charge in [-0.15, -0.1) is 0 Å². The van der Waals surface area contributed by atoms with Crippen LogP contribution in [0.4, 0.5) is 0 Å². The molecule has 0 saturated carbocycles. The fourth-order valence-corrected chi connectivity index (χ4v) is 2.41. The monoisotopic (exact) mass is 261 g/mol. The minimum Gasteiger partial charge on any atom is -0.342 e. The van der Waals surface area contributed by atoms with E-state index in [-0.39, 0.29) is 11.9 Å². The Hall–Kier alpha value is -1.42. The molecule has 1 N–H and O–H groups in total. The summed E-state index contributed by atoms with van der Waals surface area (Å²) < 4.78 is 0. The molecular weight excluding hydrogens is 238 g/mol. The Labute approximate surface area is 115 Å². The third-order valence-corrected chi connectivity index (χ3v) is 3.65. The van der Waals surface area contributed by atoms with E-state index < -0.39 is 0 Å². The lowest BCUT2D eigenvalue weighted by Gasteiger charge is -2.21. The minimum atomic E-state index is 0.108. The van der Waals surface area contributed by atoms with Gasteiger partial charge < -0.3 is 10.2 Å². The van der Waals surface area contributed by atoms with Gasteiger partial charge >= 0.3 is 0 Å². The van der Waals surface area contributed by atoms with E-state index in [0.717, 1.165) is 31.6 Å². The number of pyridine rings is 1. The zero-order chi connectivity index (χ0) is 13.5. The molecule has 1 aliphatic heterocycles. The fourth-order valence-electron chi connectivity index (χ4n) is 2.41. The van der Waals surface area contributed by atoms with E-state index in [4.69, 9.17) is 0 Å². The first-order valence-corrected chi connectivity index (χ1v) is 7.19. The second kappa shape index (κ2) is 7.24. The van der Waals surface area contributed by atoms with Crippen molar-refractivity contribution in [2.24, 2.45) is 0 Å². The number of carbonyl (C=O) groups excluding carboxylic acids is 1. The van der Waals surface area contributed by atoms with Crippen LogP contribution in [0.5, 0.6) is 0 Å². The van der Waals surface area contributed by atoms with Crippen LogP contribution >= 0.6 is 0 Å². The van der Waals surface area contributed by atoms with Gasteiger partial charge in [-0.2, -0.15) is 0 Å². The number of nitrogens with one attached hydrogen (secondary N) is 1. The van der Waals surface area contributed by atoms with Crippen molar-refractivity contribution < 1.29 is 4.79 Å². The van der Waals surface area contributed by atoms with E-state index in [0.29, 0.717) is 6.54 Å². The van der Waals surface area contributed by atoms with Crippen LogP contribution in [0.25, 0.3) is 0 Å². The summed E-state index contributed by atoms with van der Waals surface area (Å²) in [5.41, 5.74) is 0.978. The summed E-state index contributed by atoms with van der Waals surface area (Å²) in [5.74, 6) is 0.213. The van der Waals surface area contributed by atoms with Crippen molar-refractivity contribution in [2.75, 3.05) is 19.6 Å². The Morgan fingerprint density at radius 1 is 1.32 bits per heavy atom. The van der Waals surface area contributed by atoms with Crippen molar-refractivity contribution in [1.29, 1.82) is 0 Å². The molecular formula is C15H23N3O. The van der Waals surface area contributed by atoms with Crippen LogP contribution in [0.2, 0.25) is 0 Å². The van der Waals surface area contributed by atoms with Crippen LogP contribution in [-0.4, -0.2) is 35.4 Å². The van der Waals surface area contributed by atoms with Gasteiger partial charge in [0.1, 0.15) is 0 Å². The van der Waals surface area contributed by atoms with Crippen molar-refractivity contribution in [1.82, 2.24) is 15.2 Å². The lowest BCUT2D eigenvalue weighted by Crippen LogP contribution is -2.39. The maximum atomic E-state index is 12.1. The Kier molecular flexibility index (Phi) is 5.33. The molecule has 0 aliphatic carbocycles. The highest BCUT2D eigenvalue weighted by Crippen LogP contribution is 2.11. The van der Waals surface area contributed by atoms with Crippen molar-refractivity contribution in [3.8, 4) is 0 Å². The van der Waals surface area contributed by atoms with Crippen molar-refractivity contribution in [2.45, 2.75) is 38.6 Å². The number of carbonyl (C=O) groups is 1. The molecule has 0 radical (unpaired) electrons. The van der Waals surface area contributed by atoms with E-state index >= 15 is 0 Å². The molecule has 0 bridgehead atoms. The molecule has 1 fully saturated rings. The van der Waals surface area contributed by atoms with Crippen molar-refractivity contribution >= 4 is 5.91 Å². The van der Waals surface area contributed by atoms with E-state index in [9.17, 15) is 4.79 Å². The second-order valence-electron chi connectivity index (χ2n) is 5.15. The lowest BCUT2D eigenvalue weighted by atomic mass is 10.2. The van der Waals surface area contributed by atoms with E-state index in [1.54, 1.807) is 6.20 Å². The molecule has 1 amide bonds. The summed E-state index contributed by atoms with van der Waals surface area (Å²) in [7, 11) is 0. The number of likely N-dealkylation sites (tertiary alicyclic amines) is 1. The number of aromatic nitrogens is 1. The molecule has 1 aromatic rings. The second-order valence-corrected chi connectivity index (χ2v) is 5.15. The summed E-state index contributed by atoms with van der Waals surface area (Å²) in [6.07, 6.45) is 6.57. The van der Waals surface area contributed by atoms with Gasteiger partial charge in [-0.1, -0.05) is 18.9 Å². The molecule has 2 heterocycles. The third kappa shape index (κ3) is 4.31. The summed E-state index contributed by atoms with van der Waals surface area (Å²) in [6.45, 7) is 4.27. The standard InChI is InChI=1S/C15H23N3O/c1-13(14-8-4-5-9-16-14)17-12-15(19)18-10-6-2-3-7-11-18/h4-5,8-9,13,17H,2-3,6-7,10-12H2,1H3/t13-/m1/s1. The highest BCUT2D eigenvalue weighted by atomic mass is 16.2. The molecule has 1 saturated heterocycles. The Bertz CT molecular complexity index is 386. The number of hydrogen-bond acceptors (Lipinski definition) is 3. The van der Waals surface area contributed by atoms with Crippen LogP contribution in [-0.2, 0) is 4.79 Å². The highest BCUT2D eigenvalue weighted by Gasteiger charge is 2.16. The number of amides is 1. The lowest BCUT2D eigenvalue weighted by molar-refractivity contribution is -0.130. The Morgan fingerprint density at radius 3 is 2.68 bits per heavy atom. The molecule has 1 aromatic heterocycles. The fraction of sp³-hybridized carbons (Fsp3) is 0.600. The Balaban J connectivity index is 1.79. The topological polar surface area (TPSA) is 45.2 Å². The van der Waals surface area contributed by atoms with Gasteiger partial charge in [-0.25, -0.2) is 0 Å². The van der Waals surface area contributed by atoms with Crippen molar-refractivity contribution in [3.05, 3.63) is 30.1 Å². The molecule has 1 aliphatic rings. The average molecular weight is 261 g/mol. The van der Waals surface area contributed by atoms with Gasteiger partial charge in [-0.05, 0) is 31.9 Å². The quantitative estimate of drug-likeness (QED) is 0.903. The summed E-state index contributed by atoms with van der Waals surface area (Å²) in [6, 6.07) is 5.96. The maximum absolute atomic E-state index is 12.1. The molecule has 4 nitrogen and oxygen atoms in total. The van der Waals surface area contributed by atoms with Gasteiger partial charge in [0.25, 0.3) is 0 Å².